The summed E-state index contributed by atoms with van der Waals surface area (Å²) in [6, 6.07) is 5.44. The Morgan fingerprint density at radius 1 is 1.29 bits per heavy atom. The molecular formula is C15H17NO4S. The van der Waals surface area contributed by atoms with Gasteiger partial charge in [0.15, 0.2) is 5.69 Å². The first kappa shape index (κ1) is 15.3. The number of aromatic nitrogens is 1. The Balaban J connectivity index is 2.58. The van der Waals surface area contributed by atoms with E-state index in [1.165, 1.54) is 11.3 Å². The SMILES string of the molecule is CCOC(=O)c1nc(C)sc1-c1cc(OC)ccc1OC. The number of nitrogens with zero attached hydrogens (tertiary/aromatic N) is 1. The molecule has 0 unspecified atom stereocenters. The first-order valence-corrected chi connectivity index (χ1v) is 7.29. The second-order valence-electron chi connectivity index (χ2n) is 4.20. The summed E-state index contributed by atoms with van der Waals surface area (Å²) in [7, 11) is 3.18. The normalized spacial score (nSPS) is 10.3. The lowest BCUT2D eigenvalue weighted by Gasteiger charge is -2.10. The van der Waals surface area contributed by atoms with Crippen LogP contribution in [0.1, 0.15) is 22.4 Å². The topological polar surface area (TPSA) is 57.7 Å². The molecule has 0 amide bonds. The van der Waals surface area contributed by atoms with Gasteiger partial charge in [0.25, 0.3) is 0 Å². The molecule has 0 fully saturated rings. The summed E-state index contributed by atoms with van der Waals surface area (Å²) in [5.41, 5.74) is 1.08. The van der Waals surface area contributed by atoms with Crippen molar-refractivity contribution >= 4 is 17.3 Å². The highest BCUT2D eigenvalue weighted by Crippen LogP contribution is 2.39. The van der Waals surface area contributed by atoms with Gasteiger partial charge in [-0.2, -0.15) is 0 Å². The summed E-state index contributed by atoms with van der Waals surface area (Å²) in [5.74, 6) is 0.915. The molecule has 6 heteroatoms. The van der Waals surface area contributed by atoms with Gasteiger partial charge in [0.2, 0.25) is 0 Å². The number of carbonyl (C=O) groups is 1. The number of hydrogen-bond donors (Lipinski definition) is 0. The summed E-state index contributed by atoms with van der Waals surface area (Å²) in [6.07, 6.45) is 0. The Labute approximate surface area is 127 Å². The molecule has 21 heavy (non-hydrogen) atoms. The van der Waals surface area contributed by atoms with E-state index in [2.05, 4.69) is 4.98 Å². The van der Waals surface area contributed by atoms with Gasteiger partial charge in [-0.1, -0.05) is 0 Å². The molecule has 1 heterocycles. The van der Waals surface area contributed by atoms with Crippen LogP contribution in [0, 0.1) is 6.92 Å². The number of rotatable bonds is 5. The maximum atomic E-state index is 12.1. The predicted octanol–water partition coefficient (Wildman–Crippen LogP) is 3.31. The van der Waals surface area contributed by atoms with Crippen LogP contribution in [0.3, 0.4) is 0 Å². The Kier molecular flexibility index (Phi) is 4.80. The molecule has 0 aliphatic heterocycles. The van der Waals surface area contributed by atoms with Crippen LogP contribution >= 0.6 is 11.3 Å². The van der Waals surface area contributed by atoms with E-state index in [0.29, 0.717) is 23.8 Å². The molecule has 0 aliphatic carbocycles. The third kappa shape index (κ3) is 3.16. The van der Waals surface area contributed by atoms with Gasteiger partial charge in [-0.3, -0.25) is 0 Å². The van der Waals surface area contributed by atoms with E-state index in [9.17, 15) is 4.79 Å². The summed E-state index contributed by atoms with van der Waals surface area (Å²) >= 11 is 1.42. The third-order valence-electron chi connectivity index (χ3n) is 2.85. The van der Waals surface area contributed by atoms with E-state index in [1.807, 2.05) is 13.0 Å². The molecule has 5 nitrogen and oxygen atoms in total. The molecule has 2 aromatic rings. The van der Waals surface area contributed by atoms with Crippen LogP contribution in [0.2, 0.25) is 0 Å². The summed E-state index contributed by atoms with van der Waals surface area (Å²) in [4.78, 5) is 17.1. The molecule has 0 saturated heterocycles. The largest absolute Gasteiger partial charge is 0.497 e. The minimum absolute atomic E-state index is 0.310. The van der Waals surface area contributed by atoms with Crippen LogP contribution in [-0.2, 0) is 4.74 Å². The fourth-order valence-electron chi connectivity index (χ4n) is 1.94. The first-order valence-electron chi connectivity index (χ1n) is 6.47. The molecule has 0 atom stereocenters. The quantitative estimate of drug-likeness (QED) is 0.793. The Hall–Kier alpha value is -2.08. The van der Waals surface area contributed by atoms with E-state index in [1.54, 1.807) is 33.3 Å². The van der Waals surface area contributed by atoms with E-state index in [-0.39, 0.29) is 0 Å². The van der Waals surface area contributed by atoms with E-state index in [4.69, 9.17) is 14.2 Å². The van der Waals surface area contributed by atoms with Crippen molar-refractivity contribution in [1.29, 1.82) is 0 Å². The van der Waals surface area contributed by atoms with E-state index in [0.717, 1.165) is 15.4 Å². The lowest BCUT2D eigenvalue weighted by atomic mass is 10.1. The fraction of sp³-hybridized carbons (Fsp3) is 0.333. The number of aryl methyl sites for hydroxylation is 1. The van der Waals surface area contributed by atoms with Crippen molar-refractivity contribution in [3.8, 4) is 21.9 Å². The minimum Gasteiger partial charge on any atom is -0.497 e. The lowest BCUT2D eigenvalue weighted by molar-refractivity contribution is 0.0521. The van der Waals surface area contributed by atoms with Crippen molar-refractivity contribution < 1.29 is 19.0 Å². The molecule has 0 spiro atoms. The zero-order valence-corrected chi connectivity index (χ0v) is 13.2. The average molecular weight is 307 g/mol. The maximum Gasteiger partial charge on any atom is 0.358 e. The summed E-state index contributed by atoms with van der Waals surface area (Å²) in [6.45, 7) is 3.93. The van der Waals surface area contributed by atoms with Crippen LogP contribution in [0.15, 0.2) is 18.2 Å². The first-order chi connectivity index (χ1) is 10.1. The van der Waals surface area contributed by atoms with Crippen molar-refractivity contribution in [3.63, 3.8) is 0 Å². The van der Waals surface area contributed by atoms with Crippen molar-refractivity contribution in [2.45, 2.75) is 13.8 Å². The lowest BCUT2D eigenvalue weighted by Crippen LogP contribution is -2.06. The highest BCUT2D eigenvalue weighted by Gasteiger charge is 2.22. The van der Waals surface area contributed by atoms with Crippen molar-refractivity contribution in [2.24, 2.45) is 0 Å². The average Bonchev–Trinajstić information content (AvgIpc) is 2.88. The standard InChI is InChI=1S/C15H17NO4S/c1-5-20-15(17)13-14(21-9(2)16-13)11-8-10(18-3)6-7-12(11)19-4/h6-8H,5H2,1-4H3. The van der Waals surface area contributed by atoms with Gasteiger partial charge in [0.1, 0.15) is 11.5 Å². The second-order valence-corrected chi connectivity index (χ2v) is 5.40. The van der Waals surface area contributed by atoms with Gasteiger partial charge in [0.05, 0.1) is 30.7 Å². The number of thiazole rings is 1. The Bertz CT molecular complexity index is 651. The minimum atomic E-state index is -0.429. The van der Waals surface area contributed by atoms with Gasteiger partial charge in [-0.25, -0.2) is 9.78 Å². The van der Waals surface area contributed by atoms with Crippen molar-refractivity contribution in [1.82, 2.24) is 4.98 Å². The number of carbonyl (C=O) groups excluding carboxylic acids is 1. The molecular weight excluding hydrogens is 290 g/mol. The number of ether oxygens (including phenoxy) is 3. The summed E-state index contributed by atoms with van der Waals surface area (Å²) < 4.78 is 15.7. The Morgan fingerprint density at radius 2 is 2.05 bits per heavy atom. The molecule has 0 bridgehead atoms. The number of benzene rings is 1. The van der Waals surface area contributed by atoms with Crippen LogP contribution < -0.4 is 9.47 Å². The predicted molar refractivity (Wildman–Crippen MR) is 81.3 cm³/mol. The molecule has 0 radical (unpaired) electrons. The van der Waals surface area contributed by atoms with Gasteiger partial charge in [-0.15, -0.1) is 11.3 Å². The molecule has 0 N–H and O–H groups in total. The van der Waals surface area contributed by atoms with E-state index >= 15 is 0 Å². The maximum absolute atomic E-state index is 12.1. The van der Waals surface area contributed by atoms with Crippen LogP contribution in [0.5, 0.6) is 11.5 Å². The zero-order valence-electron chi connectivity index (χ0n) is 12.4. The molecule has 112 valence electrons. The summed E-state index contributed by atoms with van der Waals surface area (Å²) in [5, 5.41) is 0.790. The monoisotopic (exact) mass is 307 g/mol. The molecule has 1 aromatic heterocycles. The van der Waals surface area contributed by atoms with Crippen molar-refractivity contribution in [3.05, 3.63) is 28.9 Å². The second kappa shape index (κ2) is 6.58. The number of methoxy groups -OCH3 is 2. The van der Waals surface area contributed by atoms with Gasteiger partial charge in [0, 0.05) is 5.56 Å². The van der Waals surface area contributed by atoms with Gasteiger partial charge < -0.3 is 14.2 Å². The smallest absolute Gasteiger partial charge is 0.358 e. The van der Waals surface area contributed by atoms with Crippen LogP contribution in [0.4, 0.5) is 0 Å². The van der Waals surface area contributed by atoms with Gasteiger partial charge >= 0.3 is 5.97 Å². The van der Waals surface area contributed by atoms with E-state index < -0.39 is 5.97 Å². The van der Waals surface area contributed by atoms with Crippen LogP contribution in [-0.4, -0.2) is 31.8 Å². The highest BCUT2D eigenvalue weighted by molar-refractivity contribution is 7.15. The highest BCUT2D eigenvalue weighted by atomic mass is 32.1. The zero-order chi connectivity index (χ0) is 15.4. The molecule has 0 saturated carbocycles. The third-order valence-corrected chi connectivity index (χ3v) is 3.86. The number of hydrogen-bond acceptors (Lipinski definition) is 6. The number of esters is 1. The van der Waals surface area contributed by atoms with Gasteiger partial charge in [-0.05, 0) is 32.0 Å². The Morgan fingerprint density at radius 3 is 2.67 bits per heavy atom. The molecule has 2 rings (SSSR count). The van der Waals surface area contributed by atoms with Crippen molar-refractivity contribution in [2.75, 3.05) is 20.8 Å². The van der Waals surface area contributed by atoms with Crippen LogP contribution in [0.25, 0.3) is 10.4 Å². The molecule has 0 aliphatic rings. The molecule has 1 aromatic carbocycles. The fourth-order valence-corrected chi connectivity index (χ4v) is 2.87.